The number of ether oxygens (including phenoxy) is 1. The largest absolute Gasteiger partial charge is 0.456 e. The summed E-state index contributed by atoms with van der Waals surface area (Å²) in [5, 5.41) is 3.34. The second-order valence-electron chi connectivity index (χ2n) is 6.80. The van der Waals surface area contributed by atoms with Crippen molar-refractivity contribution in [2.45, 2.75) is 6.92 Å². The van der Waals surface area contributed by atoms with Crippen LogP contribution in [-0.4, -0.2) is 4.98 Å². The average Bonchev–Trinajstić information content (AvgIpc) is 3.02. The lowest BCUT2D eigenvalue weighted by Crippen LogP contribution is -2.32. The molecule has 3 heterocycles. The van der Waals surface area contributed by atoms with Gasteiger partial charge in [0.05, 0.1) is 12.6 Å². The molecule has 0 saturated carbocycles. The van der Waals surface area contributed by atoms with Crippen LogP contribution in [0.15, 0.2) is 59.3 Å². The molecule has 0 unspecified atom stereocenters. The van der Waals surface area contributed by atoms with Crippen molar-refractivity contribution in [2.75, 3.05) is 0 Å². The highest BCUT2D eigenvalue weighted by Crippen LogP contribution is 2.49. The zero-order chi connectivity index (χ0) is 17.4. The van der Waals surface area contributed by atoms with Gasteiger partial charge in [-0.15, -0.1) is 0 Å². The number of rotatable bonds is 0. The van der Waals surface area contributed by atoms with Gasteiger partial charge in [-0.2, -0.15) is 0 Å². The van der Waals surface area contributed by atoms with Crippen LogP contribution in [0.25, 0.3) is 44.1 Å². The van der Waals surface area contributed by atoms with Gasteiger partial charge in [0.1, 0.15) is 28.1 Å². The van der Waals surface area contributed by atoms with E-state index >= 15 is 0 Å². The molecule has 5 aromatic rings. The first-order valence-corrected chi connectivity index (χ1v) is 8.63. The minimum atomic E-state index is 0.829. The summed E-state index contributed by atoms with van der Waals surface area (Å²) in [5.41, 5.74) is 6.11. The van der Waals surface area contributed by atoms with E-state index in [4.69, 9.17) is 9.15 Å². The summed E-state index contributed by atoms with van der Waals surface area (Å²) in [7, 11) is 2.03. The van der Waals surface area contributed by atoms with Crippen LogP contribution in [0.3, 0.4) is 0 Å². The molecular formula is C22H15N2O2+. The molecule has 0 atom stereocenters. The molecule has 0 saturated heterocycles. The van der Waals surface area contributed by atoms with Crippen molar-refractivity contribution < 1.29 is 13.7 Å². The van der Waals surface area contributed by atoms with Gasteiger partial charge in [-0.1, -0.05) is 24.3 Å². The Labute approximate surface area is 149 Å². The van der Waals surface area contributed by atoms with Crippen molar-refractivity contribution in [2.24, 2.45) is 7.05 Å². The molecule has 0 amide bonds. The van der Waals surface area contributed by atoms with Crippen LogP contribution >= 0.6 is 0 Å². The van der Waals surface area contributed by atoms with E-state index in [-0.39, 0.29) is 0 Å². The van der Waals surface area contributed by atoms with E-state index in [1.54, 1.807) is 0 Å². The van der Waals surface area contributed by atoms with E-state index in [0.717, 1.165) is 55.6 Å². The molecule has 4 nitrogen and oxygen atoms in total. The Morgan fingerprint density at radius 2 is 1.81 bits per heavy atom. The summed E-state index contributed by atoms with van der Waals surface area (Å²) in [5.74, 6) is 1.67. The molecule has 6 rings (SSSR count). The normalized spacial score (nSPS) is 12.5. The smallest absolute Gasteiger partial charge is 0.287 e. The summed E-state index contributed by atoms with van der Waals surface area (Å²) in [6, 6.07) is 16.2. The third-order valence-corrected chi connectivity index (χ3v) is 5.30. The van der Waals surface area contributed by atoms with Gasteiger partial charge < -0.3 is 9.15 Å². The monoisotopic (exact) mass is 339 g/mol. The van der Waals surface area contributed by atoms with Gasteiger partial charge >= 0.3 is 0 Å². The second-order valence-corrected chi connectivity index (χ2v) is 6.80. The standard InChI is InChI=1S/C22H15N2O2/c1-12-19-13-6-3-4-8-15(13)25-17(19)10-18-20(12)22-21-14(23-11-24(22)2)7-5-9-16(21)26-18/h3-11H,1-2H3/q+1. The lowest BCUT2D eigenvalue weighted by Gasteiger charge is -2.21. The average molecular weight is 339 g/mol. The van der Waals surface area contributed by atoms with Crippen molar-refractivity contribution in [3.05, 3.63) is 60.4 Å². The van der Waals surface area contributed by atoms with Crippen LogP contribution in [0.1, 0.15) is 5.56 Å². The van der Waals surface area contributed by atoms with Crippen molar-refractivity contribution in [1.82, 2.24) is 4.98 Å². The molecule has 1 aliphatic rings. The maximum atomic E-state index is 6.28. The van der Waals surface area contributed by atoms with Crippen LogP contribution in [0.5, 0.6) is 11.5 Å². The highest BCUT2D eigenvalue weighted by Gasteiger charge is 2.30. The van der Waals surface area contributed by atoms with Crippen LogP contribution in [0.2, 0.25) is 0 Å². The number of nitrogens with zero attached hydrogens (tertiary/aromatic N) is 2. The van der Waals surface area contributed by atoms with Gasteiger partial charge in [-0.3, -0.25) is 0 Å². The minimum absolute atomic E-state index is 0.829. The maximum absolute atomic E-state index is 6.28. The van der Waals surface area contributed by atoms with Crippen molar-refractivity contribution in [3.63, 3.8) is 0 Å². The number of furan rings is 1. The number of hydrogen-bond donors (Lipinski definition) is 0. The van der Waals surface area contributed by atoms with Gasteiger partial charge in [0, 0.05) is 16.8 Å². The summed E-state index contributed by atoms with van der Waals surface area (Å²) < 4.78 is 14.4. The van der Waals surface area contributed by atoms with E-state index in [2.05, 4.69) is 22.5 Å². The van der Waals surface area contributed by atoms with E-state index in [0.29, 0.717) is 0 Å². The Balaban J connectivity index is 1.85. The minimum Gasteiger partial charge on any atom is -0.456 e. The molecule has 3 aromatic carbocycles. The van der Waals surface area contributed by atoms with Crippen molar-refractivity contribution in [3.8, 4) is 22.8 Å². The predicted molar refractivity (Wildman–Crippen MR) is 100 cm³/mol. The van der Waals surface area contributed by atoms with Crippen molar-refractivity contribution >= 4 is 32.8 Å². The van der Waals surface area contributed by atoms with E-state index < -0.39 is 0 Å². The number of fused-ring (bicyclic) bond motifs is 5. The molecule has 0 radical (unpaired) electrons. The Morgan fingerprint density at radius 3 is 2.73 bits per heavy atom. The van der Waals surface area contributed by atoms with E-state index in [1.807, 2.05) is 55.8 Å². The van der Waals surface area contributed by atoms with Crippen LogP contribution in [0.4, 0.5) is 0 Å². The van der Waals surface area contributed by atoms with Gasteiger partial charge in [0.25, 0.3) is 6.33 Å². The quantitative estimate of drug-likeness (QED) is 0.364. The first-order chi connectivity index (χ1) is 12.7. The van der Waals surface area contributed by atoms with E-state index in [9.17, 15) is 0 Å². The molecule has 0 spiro atoms. The molecule has 0 N–H and O–H groups in total. The van der Waals surface area contributed by atoms with E-state index in [1.165, 1.54) is 5.56 Å². The third kappa shape index (κ3) is 1.59. The Hall–Kier alpha value is -3.40. The molecule has 0 aliphatic carbocycles. The fourth-order valence-electron chi connectivity index (χ4n) is 4.18. The molecule has 0 fully saturated rings. The highest BCUT2D eigenvalue weighted by molar-refractivity contribution is 6.11. The molecular weight excluding hydrogens is 324 g/mol. The summed E-state index contributed by atoms with van der Waals surface area (Å²) in [6.07, 6.45) is 1.87. The number of aryl methyl sites for hydroxylation is 2. The topological polar surface area (TPSA) is 39.1 Å². The zero-order valence-electron chi connectivity index (χ0n) is 14.4. The first kappa shape index (κ1) is 13.8. The second kappa shape index (κ2) is 4.61. The Kier molecular flexibility index (Phi) is 2.45. The Bertz CT molecular complexity index is 1380. The first-order valence-electron chi connectivity index (χ1n) is 8.63. The molecule has 124 valence electrons. The van der Waals surface area contributed by atoms with Crippen LogP contribution in [-0.2, 0) is 7.05 Å². The fourth-order valence-corrected chi connectivity index (χ4v) is 4.18. The van der Waals surface area contributed by atoms with Crippen molar-refractivity contribution in [1.29, 1.82) is 0 Å². The van der Waals surface area contributed by atoms with Crippen LogP contribution in [0, 0.1) is 6.92 Å². The molecule has 0 bridgehead atoms. The van der Waals surface area contributed by atoms with Gasteiger partial charge in [0.2, 0.25) is 0 Å². The lowest BCUT2D eigenvalue weighted by atomic mass is 9.94. The molecule has 2 aromatic heterocycles. The zero-order valence-corrected chi connectivity index (χ0v) is 14.4. The van der Waals surface area contributed by atoms with Gasteiger partial charge in [-0.05, 0) is 35.7 Å². The number of aromatic nitrogens is 2. The lowest BCUT2D eigenvalue weighted by molar-refractivity contribution is -0.662. The summed E-state index contributed by atoms with van der Waals surface area (Å²) >= 11 is 0. The summed E-state index contributed by atoms with van der Waals surface area (Å²) in [6.45, 7) is 2.15. The number of hydrogen-bond acceptors (Lipinski definition) is 3. The molecule has 4 heteroatoms. The number of benzene rings is 3. The van der Waals surface area contributed by atoms with Crippen LogP contribution < -0.4 is 9.30 Å². The Morgan fingerprint density at radius 1 is 0.923 bits per heavy atom. The number of para-hydroxylation sites is 1. The highest BCUT2D eigenvalue weighted by atomic mass is 16.5. The molecule has 1 aliphatic heterocycles. The fraction of sp³-hybridized carbons (Fsp3) is 0.0909. The summed E-state index contributed by atoms with van der Waals surface area (Å²) in [4.78, 5) is 4.55. The van der Waals surface area contributed by atoms with Gasteiger partial charge in [-0.25, -0.2) is 4.57 Å². The SMILES string of the molecule is Cc1c2c(cc3oc4ccccc4c13)Oc1cccc3nc[n+](C)c-2c13. The van der Waals surface area contributed by atoms with Gasteiger partial charge in [0.15, 0.2) is 11.2 Å². The maximum Gasteiger partial charge on any atom is 0.287 e. The predicted octanol–water partition coefficient (Wildman–Crippen LogP) is 5.04. The third-order valence-electron chi connectivity index (χ3n) is 5.30. The molecule has 26 heavy (non-hydrogen) atoms.